The molecular formula is C21H26N6. The number of hydrogen-bond donors (Lipinski definition) is 1. The van der Waals surface area contributed by atoms with Crippen LogP contribution in [0, 0.1) is 6.92 Å². The Bertz CT molecular complexity index is 895. The van der Waals surface area contributed by atoms with E-state index >= 15 is 0 Å². The van der Waals surface area contributed by atoms with Crippen molar-refractivity contribution in [2.24, 2.45) is 7.05 Å². The van der Waals surface area contributed by atoms with Gasteiger partial charge in [0.25, 0.3) is 0 Å². The molecule has 0 amide bonds. The van der Waals surface area contributed by atoms with Crippen molar-refractivity contribution in [3.63, 3.8) is 0 Å². The van der Waals surface area contributed by atoms with Crippen molar-refractivity contribution in [3.05, 3.63) is 66.0 Å². The van der Waals surface area contributed by atoms with Crippen molar-refractivity contribution in [1.82, 2.24) is 24.4 Å². The fourth-order valence-corrected chi connectivity index (χ4v) is 3.70. The molecule has 1 N–H and O–H groups in total. The molecule has 1 aliphatic heterocycles. The number of likely N-dealkylation sites (tertiary alicyclic amines) is 1. The summed E-state index contributed by atoms with van der Waals surface area (Å²) in [4.78, 5) is 15.6. The highest BCUT2D eigenvalue weighted by Crippen LogP contribution is 2.30. The molecule has 3 aromatic rings. The number of hydrogen-bond acceptors (Lipinski definition) is 5. The summed E-state index contributed by atoms with van der Waals surface area (Å²) in [6.45, 7) is 5.25. The highest BCUT2D eigenvalue weighted by molar-refractivity contribution is 5.56. The zero-order valence-electron chi connectivity index (χ0n) is 16.0. The molecule has 0 unspecified atom stereocenters. The normalized spacial score (nSPS) is 15.8. The average Bonchev–Trinajstić information content (AvgIpc) is 3.09. The van der Waals surface area contributed by atoms with E-state index < -0.39 is 0 Å². The van der Waals surface area contributed by atoms with Crippen LogP contribution >= 0.6 is 0 Å². The van der Waals surface area contributed by atoms with E-state index in [1.165, 1.54) is 24.1 Å². The lowest BCUT2D eigenvalue weighted by Gasteiger charge is -2.32. The third-order valence-electron chi connectivity index (χ3n) is 5.40. The van der Waals surface area contributed by atoms with Gasteiger partial charge in [0.2, 0.25) is 0 Å². The van der Waals surface area contributed by atoms with Gasteiger partial charge < -0.3 is 9.88 Å². The molecule has 4 rings (SSSR count). The van der Waals surface area contributed by atoms with Crippen LogP contribution in [-0.2, 0) is 13.6 Å². The van der Waals surface area contributed by atoms with Gasteiger partial charge in [-0.15, -0.1) is 0 Å². The van der Waals surface area contributed by atoms with Crippen molar-refractivity contribution in [3.8, 4) is 0 Å². The Morgan fingerprint density at radius 1 is 1.15 bits per heavy atom. The Hall–Kier alpha value is -2.73. The van der Waals surface area contributed by atoms with Crippen molar-refractivity contribution in [2.45, 2.75) is 32.2 Å². The molecule has 1 saturated heterocycles. The Morgan fingerprint density at radius 2 is 2.00 bits per heavy atom. The lowest BCUT2D eigenvalue weighted by atomic mass is 9.90. The quantitative estimate of drug-likeness (QED) is 0.751. The summed E-state index contributed by atoms with van der Waals surface area (Å²) >= 11 is 0. The molecule has 0 aliphatic carbocycles. The molecule has 0 atom stereocenters. The molecule has 0 bridgehead atoms. The minimum absolute atomic E-state index is 0.584. The van der Waals surface area contributed by atoms with Gasteiger partial charge in [-0.05, 0) is 68.1 Å². The molecule has 4 heterocycles. The average molecular weight is 362 g/mol. The van der Waals surface area contributed by atoms with E-state index in [9.17, 15) is 0 Å². The van der Waals surface area contributed by atoms with Crippen LogP contribution in [0.3, 0.4) is 0 Å². The summed E-state index contributed by atoms with van der Waals surface area (Å²) in [5.74, 6) is 2.32. The number of nitrogens with zero attached hydrogens (tertiary/aromatic N) is 5. The fourth-order valence-electron chi connectivity index (χ4n) is 3.70. The maximum absolute atomic E-state index is 4.47. The van der Waals surface area contributed by atoms with Crippen molar-refractivity contribution in [2.75, 3.05) is 18.4 Å². The third kappa shape index (κ3) is 4.17. The highest BCUT2D eigenvalue weighted by Gasteiger charge is 2.21. The molecule has 0 radical (unpaired) electrons. The van der Waals surface area contributed by atoms with Gasteiger partial charge in [-0.25, -0.2) is 15.0 Å². The van der Waals surface area contributed by atoms with E-state index in [-0.39, 0.29) is 0 Å². The second-order valence-corrected chi connectivity index (χ2v) is 7.31. The highest BCUT2D eigenvalue weighted by atomic mass is 15.2. The van der Waals surface area contributed by atoms with Crippen LogP contribution in [0.25, 0.3) is 0 Å². The molecule has 0 aromatic carbocycles. The van der Waals surface area contributed by atoms with Crippen LogP contribution in [0.4, 0.5) is 11.6 Å². The predicted molar refractivity (Wildman–Crippen MR) is 107 cm³/mol. The van der Waals surface area contributed by atoms with E-state index in [0.29, 0.717) is 5.92 Å². The summed E-state index contributed by atoms with van der Waals surface area (Å²) < 4.78 is 2.10. The first kappa shape index (κ1) is 17.7. The molecular weight excluding hydrogens is 336 g/mol. The van der Waals surface area contributed by atoms with Gasteiger partial charge >= 0.3 is 0 Å². The Labute approximate surface area is 160 Å². The third-order valence-corrected chi connectivity index (χ3v) is 5.40. The molecule has 6 heteroatoms. The Kier molecular flexibility index (Phi) is 5.16. The van der Waals surface area contributed by atoms with E-state index in [0.717, 1.165) is 36.8 Å². The van der Waals surface area contributed by atoms with Gasteiger partial charge in [0.05, 0.1) is 12.0 Å². The minimum Gasteiger partial charge on any atom is -0.337 e. The zero-order chi connectivity index (χ0) is 18.6. The summed E-state index contributed by atoms with van der Waals surface area (Å²) in [5, 5.41) is 3.35. The molecule has 27 heavy (non-hydrogen) atoms. The number of aromatic nitrogens is 4. The molecule has 0 spiro atoms. The number of imidazole rings is 1. The zero-order valence-corrected chi connectivity index (χ0v) is 16.0. The first-order chi connectivity index (χ1) is 13.2. The molecule has 0 saturated carbocycles. The van der Waals surface area contributed by atoms with Gasteiger partial charge in [0.1, 0.15) is 11.6 Å². The second kappa shape index (κ2) is 7.88. The van der Waals surface area contributed by atoms with Crippen LogP contribution in [0.15, 0.2) is 49.2 Å². The second-order valence-electron chi connectivity index (χ2n) is 7.31. The van der Waals surface area contributed by atoms with Crippen molar-refractivity contribution >= 4 is 11.6 Å². The van der Waals surface area contributed by atoms with Crippen LogP contribution in [0.2, 0.25) is 0 Å². The van der Waals surface area contributed by atoms with Gasteiger partial charge in [-0.3, -0.25) is 4.90 Å². The summed E-state index contributed by atoms with van der Waals surface area (Å²) in [6, 6.07) is 8.33. The minimum atomic E-state index is 0.584. The molecule has 6 nitrogen and oxygen atoms in total. The van der Waals surface area contributed by atoms with E-state index in [1.54, 1.807) is 6.20 Å². The first-order valence-corrected chi connectivity index (χ1v) is 9.51. The SMILES string of the molecule is Cc1cccnc1Nc1cc(C2CCN(Cc3cncn3C)CC2)ccn1. The van der Waals surface area contributed by atoms with Gasteiger partial charge in [-0.2, -0.15) is 0 Å². The number of rotatable bonds is 5. The molecule has 3 aromatic heterocycles. The fraction of sp³-hybridized carbons (Fsp3) is 0.381. The maximum atomic E-state index is 4.47. The number of anilines is 2. The predicted octanol–water partition coefficient (Wildman–Crippen LogP) is 3.64. The van der Waals surface area contributed by atoms with Crippen molar-refractivity contribution in [1.29, 1.82) is 0 Å². The Balaban J connectivity index is 1.38. The van der Waals surface area contributed by atoms with E-state index in [4.69, 9.17) is 0 Å². The number of piperidine rings is 1. The molecule has 140 valence electrons. The van der Waals surface area contributed by atoms with Crippen molar-refractivity contribution < 1.29 is 0 Å². The number of pyridine rings is 2. The van der Waals surface area contributed by atoms with E-state index in [1.807, 2.05) is 24.8 Å². The first-order valence-electron chi connectivity index (χ1n) is 9.51. The summed E-state index contributed by atoms with van der Waals surface area (Å²) in [6.07, 6.45) is 9.88. The lowest BCUT2D eigenvalue weighted by molar-refractivity contribution is 0.201. The number of nitrogens with one attached hydrogen (secondary N) is 1. The standard InChI is InChI=1S/C21H26N6/c1-16-4-3-8-24-21(16)25-20-12-18(5-9-23-20)17-6-10-27(11-7-17)14-19-13-22-15-26(19)2/h3-5,8-9,12-13,15,17H,6-7,10-11,14H2,1-2H3,(H,23,24,25). The maximum Gasteiger partial charge on any atom is 0.134 e. The van der Waals surface area contributed by atoms with Crippen LogP contribution in [0.1, 0.15) is 35.6 Å². The van der Waals surface area contributed by atoms with E-state index in [2.05, 4.69) is 61.9 Å². The van der Waals surface area contributed by atoms with Crippen LogP contribution < -0.4 is 5.32 Å². The van der Waals surface area contributed by atoms with Crippen LogP contribution in [0.5, 0.6) is 0 Å². The summed E-state index contributed by atoms with van der Waals surface area (Å²) in [5.41, 5.74) is 3.75. The van der Waals surface area contributed by atoms with Crippen LogP contribution in [-0.4, -0.2) is 37.5 Å². The number of aryl methyl sites for hydroxylation is 2. The van der Waals surface area contributed by atoms with Gasteiger partial charge in [0, 0.05) is 32.2 Å². The lowest BCUT2D eigenvalue weighted by Crippen LogP contribution is -2.33. The Morgan fingerprint density at radius 3 is 2.74 bits per heavy atom. The topological polar surface area (TPSA) is 58.9 Å². The van der Waals surface area contributed by atoms with Gasteiger partial charge in [0.15, 0.2) is 0 Å². The molecule has 1 aliphatic rings. The van der Waals surface area contributed by atoms with Gasteiger partial charge in [-0.1, -0.05) is 6.07 Å². The largest absolute Gasteiger partial charge is 0.337 e. The smallest absolute Gasteiger partial charge is 0.134 e. The summed E-state index contributed by atoms with van der Waals surface area (Å²) in [7, 11) is 2.06. The monoisotopic (exact) mass is 362 g/mol. The molecule has 1 fully saturated rings.